The number of amides is 1. The Labute approximate surface area is 137 Å². The predicted octanol–water partition coefficient (Wildman–Crippen LogP) is 3.83. The summed E-state index contributed by atoms with van der Waals surface area (Å²) in [5, 5.41) is 2.90. The Kier molecular flexibility index (Phi) is 3.75. The molecule has 5 nitrogen and oxygen atoms in total. The van der Waals surface area contributed by atoms with Gasteiger partial charge in [-0.2, -0.15) is 0 Å². The van der Waals surface area contributed by atoms with Crippen molar-refractivity contribution in [1.29, 1.82) is 0 Å². The summed E-state index contributed by atoms with van der Waals surface area (Å²) in [6.45, 7) is 0. The maximum atomic E-state index is 12.1. The predicted molar refractivity (Wildman–Crippen MR) is 89.6 cm³/mol. The van der Waals surface area contributed by atoms with Gasteiger partial charge in [0.25, 0.3) is 0 Å². The second-order valence-corrected chi connectivity index (χ2v) is 6.58. The summed E-state index contributed by atoms with van der Waals surface area (Å²) in [4.78, 5) is 21.5. The van der Waals surface area contributed by atoms with Crippen LogP contribution in [0, 0.1) is 0 Å². The summed E-state index contributed by atoms with van der Waals surface area (Å²) in [7, 11) is 0. The van der Waals surface area contributed by atoms with E-state index in [1.54, 1.807) is 12.4 Å². The molecule has 0 radical (unpaired) electrons. The standard InChI is InChI=1S/C17H15N3O2S/c21-16(10-23-13-5-7-18-8-6-13)19-12-3-4-14-15(9-12)22-17(20-14)11-1-2-11/h3-9,11H,1-2,10H2,(H,19,21). The molecule has 6 heteroatoms. The molecule has 1 fully saturated rings. The number of nitrogens with zero attached hydrogens (tertiary/aromatic N) is 2. The highest BCUT2D eigenvalue weighted by atomic mass is 32.2. The van der Waals surface area contributed by atoms with Crippen LogP contribution in [0.4, 0.5) is 5.69 Å². The molecule has 4 rings (SSSR count). The van der Waals surface area contributed by atoms with Gasteiger partial charge < -0.3 is 9.73 Å². The zero-order valence-electron chi connectivity index (χ0n) is 12.4. The van der Waals surface area contributed by atoms with Crippen molar-refractivity contribution in [2.75, 3.05) is 11.1 Å². The number of benzene rings is 1. The Morgan fingerprint density at radius 1 is 1.26 bits per heavy atom. The number of carbonyl (C=O) groups excluding carboxylic acids is 1. The molecule has 1 aromatic carbocycles. The fourth-order valence-electron chi connectivity index (χ4n) is 2.31. The van der Waals surface area contributed by atoms with Crippen molar-refractivity contribution in [3.8, 4) is 0 Å². The van der Waals surface area contributed by atoms with Crippen LogP contribution in [0.3, 0.4) is 0 Å². The minimum Gasteiger partial charge on any atom is -0.440 e. The average Bonchev–Trinajstić information content (AvgIpc) is 3.34. The Balaban J connectivity index is 1.41. The molecule has 23 heavy (non-hydrogen) atoms. The van der Waals surface area contributed by atoms with Crippen LogP contribution in [-0.4, -0.2) is 21.6 Å². The molecule has 0 bridgehead atoms. The number of rotatable bonds is 5. The molecule has 0 spiro atoms. The summed E-state index contributed by atoms with van der Waals surface area (Å²) in [6, 6.07) is 9.35. The van der Waals surface area contributed by atoms with E-state index in [9.17, 15) is 4.79 Å². The van der Waals surface area contributed by atoms with E-state index in [1.165, 1.54) is 11.8 Å². The zero-order valence-corrected chi connectivity index (χ0v) is 13.2. The zero-order chi connectivity index (χ0) is 15.6. The summed E-state index contributed by atoms with van der Waals surface area (Å²) >= 11 is 1.48. The molecule has 1 amide bonds. The van der Waals surface area contributed by atoms with Crippen molar-refractivity contribution >= 4 is 34.5 Å². The SMILES string of the molecule is O=C(CSc1ccncc1)Nc1ccc2nc(C3CC3)oc2c1. The molecule has 1 N–H and O–H groups in total. The van der Waals surface area contributed by atoms with Gasteiger partial charge in [0.05, 0.1) is 5.75 Å². The van der Waals surface area contributed by atoms with Crippen LogP contribution in [0.1, 0.15) is 24.7 Å². The van der Waals surface area contributed by atoms with Crippen molar-refractivity contribution in [2.45, 2.75) is 23.7 Å². The molecule has 116 valence electrons. The largest absolute Gasteiger partial charge is 0.440 e. The maximum Gasteiger partial charge on any atom is 0.234 e. The van der Waals surface area contributed by atoms with Crippen molar-refractivity contribution in [2.24, 2.45) is 0 Å². The lowest BCUT2D eigenvalue weighted by atomic mass is 10.3. The van der Waals surface area contributed by atoms with E-state index >= 15 is 0 Å². The topological polar surface area (TPSA) is 68.0 Å². The van der Waals surface area contributed by atoms with Crippen LogP contribution in [0.25, 0.3) is 11.1 Å². The molecule has 0 atom stereocenters. The van der Waals surface area contributed by atoms with Crippen molar-refractivity contribution in [3.63, 3.8) is 0 Å². The fourth-order valence-corrected chi connectivity index (χ4v) is 2.99. The molecule has 1 aliphatic carbocycles. The molecule has 2 heterocycles. The minimum absolute atomic E-state index is 0.0481. The van der Waals surface area contributed by atoms with Gasteiger partial charge in [-0.3, -0.25) is 9.78 Å². The number of anilines is 1. The summed E-state index contributed by atoms with van der Waals surface area (Å²) in [5.41, 5.74) is 2.30. The van der Waals surface area contributed by atoms with Gasteiger partial charge in [0, 0.05) is 35.0 Å². The number of hydrogen-bond acceptors (Lipinski definition) is 5. The van der Waals surface area contributed by atoms with E-state index in [-0.39, 0.29) is 5.91 Å². The van der Waals surface area contributed by atoms with Crippen molar-refractivity contribution in [3.05, 3.63) is 48.6 Å². The number of fused-ring (bicyclic) bond motifs is 1. The van der Waals surface area contributed by atoms with E-state index in [4.69, 9.17) is 4.42 Å². The van der Waals surface area contributed by atoms with Gasteiger partial charge in [0.15, 0.2) is 11.5 Å². The Morgan fingerprint density at radius 3 is 2.87 bits per heavy atom. The number of nitrogens with one attached hydrogen (secondary N) is 1. The van der Waals surface area contributed by atoms with Gasteiger partial charge in [-0.25, -0.2) is 4.98 Å². The summed E-state index contributed by atoms with van der Waals surface area (Å²) in [5.74, 6) is 1.60. The Morgan fingerprint density at radius 2 is 2.09 bits per heavy atom. The Bertz CT molecular complexity index is 843. The van der Waals surface area contributed by atoms with E-state index in [0.29, 0.717) is 11.7 Å². The third-order valence-corrected chi connectivity index (χ3v) is 4.65. The molecular formula is C17H15N3O2S. The highest BCUT2D eigenvalue weighted by molar-refractivity contribution is 8.00. The fraction of sp³-hybridized carbons (Fsp3) is 0.235. The van der Waals surface area contributed by atoms with Crippen LogP contribution >= 0.6 is 11.8 Å². The lowest BCUT2D eigenvalue weighted by Crippen LogP contribution is -2.13. The molecule has 0 saturated heterocycles. The quantitative estimate of drug-likeness (QED) is 0.722. The highest BCUT2D eigenvalue weighted by Gasteiger charge is 2.28. The molecule has 3 aromatic rings. The third kappa shape index (κ3) is 3.37. The van der Waals surface area contributed by atoms with Crippen LogP contribution in [0.15, 0.2) is 52.0 Å². The molecule has 2 aromatic heterocycles. The number of pyridine rings is 1. The average molecular weight is 325 g/mol. The van der Waals surface area contributed by atoms with Crippen LogP contribution in [-0.2, 0) is 4.79 Å². The highest BCUT2D eigenvalue weighted by Crippen LogP contribution is 2.40. The van der Waals surface area contributed by atoms with Crippen molar-refractivity contribution in [1.82, 2.24) is 9.97 Å². The number of aromatic nitrogens is 2. The molecule has 1 saturated carbocycles. The third-order valence-electron chi connectivity index (χ3n) is 3.63. The van der Waals surface area contributed by atoms with Gasteiger partial charge in [0.2, 0.25) is 5.91 Å². The first-order chi connectivity index (χ1) is 11.3. The van der Waals surface area contributed by atoms with Crippen LogP contribution < -0.4 is 5.32 Å². The first kappa shape index (κ1) is 14.3. The van der Waals surface area contributed by atoms with E-state index in [1.807, 2.05) is 30.3 Å². The van der Waals surface area contributed by atoms with Gasteiger partial charge in [-0.1, -0.05) is 0 Å². The van der Waals surface area contributed by atoms with E-state index < -0.39 is 0 Å². The second kappa shape index (κ2) is 6.04. The Hall–Kier alpha value is -2.34. The first-order valence-electron chi connectivity index (χ1n) is 7.51. The lowest BCUT2D eigenvalue weighted by Gasteiger charge is -2.04. The van der Waals surface area contributed by atoms with E-state index in [2.05, 4.69) is 15.3 Å². The van der Waals surface area contributed by atoms with Gasteiger partial charge in [0.1, 0.15) is 5.52 Å². The van der Waals surface area contributed by atoms with Gasteiger partial charge in [-0.15, -0.1) is 11.8 Å². The first-order valence-corrected chi connectivity index (χ1v) is 8.50. The summed E-state index contributed by atoms with van der Waals surface area (Å²) < 4.78 is 5.77. The number of hydrogen-bond donors (Lipinski definition) is 1. The van der Waals surface area contributed by atoms with Crippen molar-refractivity contribution < 1.29 is 9.21 Å². The minimum atomic E-state index is -0.0481. The van der Waals surface area contributed by atoms with Crippen LogP contribution in [0.5, 0.6) is 0 Å². The van der Waals surface area contributed by atoms with Gasteiger partial charge >= 0.3 is 0 Å². The second-order valence-electron chi connectivity index (χ2n) is 5.53. The lowest BCUT2D eigenvalue weighted by molar-refractivity contribution is -0.113. The number of thioether (sulfide) groups is 1. The smallest absolute Gasteiger partial charge is 0.234 e. The molecule has 0 unspecified atom stereocenters. The number of oxazole rings is 1. The number of carbonyl (C=O) groups is 1. The monoisotopic (exact) mass is 325 g/mol. The normalized spacial score (nSPS) is 14.1. The van der Waals surface area contributed by atoms with Crippen LogP contribution in [0.2, 0.25) is 0 Å². The molecule has 1 aliphatic rings. The molecular weight excluding hydrogens is 310 g/mol. The summed E-state index contributed by atoms with van der Waals surface area (Å²) in [6.07, 6.45) is 5.75. The maximum absolute atomic E-state index is 12.1. The van der Waals surface area contributed by atoms with E-state index in [0.717, 1.165) is 40.4 Å². The van der Waals surface area contributed by atoms with Gasteiger partial charge in [-0.05, 0) is 37.1 Å². The molecule has 0 aliphatic heterocycles.